The van der Waals surface area contributed by atoms with Crippen LogP contribution in [0.3, 0.4) is 0 Å². The number of para-hydroxylation sites is 4. The van der Waals surface area contributed by atoms with Crippen molar-refractivity contribution in [2.24, 2.45) is 10.2 Å². The zero-order valence-electron chi connectivity index (χ0n) is 49.9. The monoisotopic (exact) mass is 1520 g/mol. The van der Waals surface area contributed by atoms with Gasteiger partial charge in [-0.15, -0.1) is 85.1 Å². The van der Waals surface area contributed by atoms with Gasteiger partial charge in [-0.2, -0.15) is 46.6 Å². The summed E-state index contributed by atoms with van der Waals surface area (Å²) in [6, 6.07) is 66.2. The summed E-state index contributed by atoms with van der Waals surface area (Å²) in [6.07, 6.45) is 11.4. The Bertz CT molecular complexity index is 3930. The third kappa shape index (κ3) is 14.1. The molecule has 0 unspecified atom stereocenters. The quantitative estimate of drug-likeness (QED) is 0.125. The van der Waals surface area contributed by atoms with E-state index in [0.29, 0.717) is 23.7 Å². The van der Waals surface area contributed by atoms with Gasteiger partial charge < -0.3 is 37.8 Å². The fourth-order valence-corrected chi connectivity index (χ4v) is 10.7. The smallest absolute Gasteiger partial charge is 0.514 e. The van der Waals surface area contributed by atoms with Gasteiger partial charge in [0.1, 0.15) is 11.2 Å². The number of aromatic nitrogens is 4. The average Bonchev–Trinajstić information content (AvgIpc) is 1.91. The Labute approximate surface area is 546 Å². The molecule has 0 fully saturated rings. The zero-order valence-corrected chi connectivity index (χ0v) is 54.7. The molecule has 4 aromatic heterocycles. The van der Waals surface area contributed by atoms with E-state index in [1.54, 1.807) is 22.7 Å². The minimum Gasteiger partial charge on any atom is -0.514 e. The van der Waals surface area contributed by atoms with Crippen molar-refractivity contribution < 1.29 is 49.0 Å². The van der Waals surface area contributed by atoms with Crippen molar-refractivity contribution in [1.29, 1.82) is 0 Å². The average molecular weight is 1520 g/mol. The second-order valence-corrected chi connectivity index (χ2v) is 22.0. The van der Waals surface area contributed by atoms with Gasteiger partial charge >= 0.3 is 40.2 Å². The standard InChI is InChI=1S/2C21H23N2.2C15H11N3O.2CH4.2Ir/c2*1-15(2)18-11-8-12-19(16(3)4)20(18)23-14-13-22-21(23)17-9-6-5-7-10-17;2*1-17-9-16-18(10-17)13-7-4-6-12-11-5-2-3-8-14(11)19-15(12)13;;;;/h2*5-9,11-16H,1-4H3;2*2-6,8-10H,1H3;2*1H4;;/q2*-1;2*-2;;;2*+3. The summed E-state index contributed by atoms with van der Waals surface area (Å²) in [5, 5.41) is 16.5. The van der Waals surface area contributed by atoms with Crippen LogP contribution in [0.1, 0.15) is 116 Å². The number of hydrogen-bond donors (Lipinski definition) is 0. The predicted molar refractivity (Wildman–Crippen MR) is 357 cm³/mol. The van der Waals surface area contributed by atoms with Gasteiger partial charge in [0.2, 0.25) is 0 Å². The van der Waals surface area contributed by atoms with Gasteiger partial charge in [0.05, 0.1) is 24.3 Å². The van der Waals surface area contributed by atoms with E-state index in [-0.39, 0.29) is 55.1 Å². The summed E-state index contributed by atoms with van der Waals surface area (Å²) in [6.45, 7) is 21.7. The van der Waals surface area contributed by atoms with Gasteiger partial charge in [0.25, 0.3) is 0 Å². The Morgan fingerprint density at radius 2 is 0.773 bits per heavy atom. The van der Waals surface area contributed by atoms with E-state index in [4.69, 9.17) is 8.83 Å². The molecule has 14 rings (SSSR count). The van der Waals surface area contributed by atoms with E-state index in [9.17, 15) is 0 Å². The molecule has 2 aliphatic rings. The zero-order chi connectivity index (χ0) is 58.4. The van der Waals surface area contributed by atoms with Crippen LogP contribution in [0.15, 0.2) is 202 Å². The van der Waals surface area contributed by atoms with Gasteiger partial charge in [-0.1, -0.05) is 154 Å². The van der Waals surface area contributed by atoms with Crippen LogP contribution in [0.2, 0.25) is 0 Å². The van der Waals surface area contributed by atoms with Crippen molar-refractivity contribution in [3.05, 3.63) is 242 Å². The third-order valence-corrected chi connectivity index (χ3v) is 14.7. The Hall–Kier alpha value is -8.38. The van der Waals surface area contributed by atoms with Gasteiger partial charge in [-0.05, 0) is 83.5 Å². The molecule has 0 radical (unpaired) electrons. The Morgan fingerprint density at radius 1 is 0.409 bits per heavy atom. The number of nitrogens with zero attached hydrogens (tertiary/aromatic N) is 10. The van der Waals surface area contributed by atoms with Gasteiger partial charge in [-0.25, -0.2) is 0 Å². The second kappa shape index (κ2) is 30.0. The molecule has 0 bridgehead atoms. The van der Waals surface area contributed by atoms with Crippen LogP contribution in [0.4, 0.5) is 11.4 Å². The van der Waals surface area contributed by atoms with Crippen LogP contribution in [-0.2, 0) is 40.2 Å². The minimum atomic E-state index is 0. The molecule has 6 heterocycles. The van der Waals surface area contributed by atoms with Crippen molar-refractivity contribution in [3.8, 4) is 34.2 Å². The molecular weight excluding hydrogens is 1450 g/mol. The molecule has 0 N–H and O–H groups in total. The van der Waals surface area contributed by atoms with Crippen molar-refractivity contribution in [3.63, 3.8) is 0 Å². The maximum Gasteiger partial charge on any atom is 3.00 e. The summed E-state index contributed by atoms with van der Waals surface area (Å²) in [5.74, 6) is 3.72. The van der Waals surface area contributed by atoms with Crippen LogP contribution in [-0.4, -0.2) is 55.7 Å². The Kier molecular flexibility index (Phi) is 22.9. The molecular formula is C74H76Ir2N10O2. The van der Waals surface area contributed by atoms with E-state index in [2.05, 4.69) is 182 Å². The SMILES string of the molecule is C.C.CC(C)c1cccc(C(C)C)c1-n1ccnc1-c1[c-]cccc1.CC(C)c1cccc(C(C)C)c1-n1ccnc1-c1[c-]cccc1.CN1C=NN(c2[c-]ccc3c2oc2ccccc23)[CH-]1.CN1C=NN(c2[c-]ccc3c2oc2ccccc23)[CH-]1.[Ir+3].[Ir+3]. The van der Waals surface area contributed by atoms with Gasteiger partial charge in [0.15, 0.2) is 0 Å². The summed E-state index contributed by atoms with van der Waals surface area (Å²) in [4.78, 5) is 13.0. The fourth-order valence-electron chi connectivity index (χ4n) is 10.7. The van der Waals surface area contributed by atoms with E-state index in [1.807, 2.05) is 147 Å². The number of benzene rings is 8. The number of rotatable bonds is 10. The molecule has 0 saturated heterocycles. The first-order valence-corrected chi connectivity index (χ1v) is 28.6. The number of anilines is 2. The second-order valence-electron chi connectivity index (χ2n) is 22.0. The molecule has 12 nitrogen and oxygen atoms in total. The molecule has 452 valence electrons. The van der Waals surface area contributed by atoms with Crippen molar-refractivity contribution >= 4 is 67.9 Å². The van der Waals surface area contributed by atoms with E-state index < -0.39 is 0 Å². The fraction of sp³-hybridized carbons (Fsp3) is 0.216. The molecule has 14 heteroatoms. The molecule has 0 spiro atoms. The van der Waals surface area contributed by atoms with E-state index in [1.165, 1.54) is 33.6 Å². The van der Waals surface area contributed by atoms with Crippen LogP contribution in [0.25, 0.3) is 78.0 Å². The van der Waals surface area contributed by atoms with Crippen LogP contribution >= 0.6 is 0 Å². The largest absolute Gasteiger partial charge is 3.00 e. The molecule has 0 aliphatic carbocycles. The minimum absolute atomic E-state index is 0. The maximum atomic E-state index is 5.95. The van der Waals surface area contributed by atoms with Crippen LogP contribution < -0.4 is 10.0 Å². The summed E-state index contributed by atoms with van der Waals surface area (Å²) < 4.78 is 16.3. The first kappa shape index (κ1) is 67.1. The van der Waals surface area contributed by atoms with Crippen LogP contribution in [0, 0.1) is 37.6 Å². The third-order valence-electron chi connectivity index (χ3n) is 14.7. The topological polar surface area (TPSA) is 99.6 Å². The Morgan fingerprint density at radius 3 is 1.10 bits per heavy atom. The molecule has 12 aromatic rings. The van der Waals surface area contributed by atoms with Crippen molar-refractivity contribution in [2.45, 2.75) is 93.9 Å². The molecule has 0 atom stereocenters. The van der Waals surface area contributed by atoms with E-state index in [0.717, 1.165) is 78.0 Å². The summed E-state index contributed by atoms with van der Waals surface area (Å²) >= 11 is 0. The number of imidazole rings is 2. The Balaban J connectivity index is 0.000000165. The molecule has 0 amide bonds. The maximum absolute atomic E-state index is 5.95. The molecule has 0 saturated carbocycles. The summed E-state index contributed by atoms with van der Waals surface area (Å²) in [7, 11) is 3.87. The normalized spacial score (nSPS) is 12.4. The van der Waals surface area contributed by atoms with Gasteiger partial charge in [0, 0.05) is 58.1 Å². The number of hydrazone groups is 2. The summed E-state index contributed by atoms with van der Waals surface area (Å²) in [5.41, 5.74) is 15.0. The first-order chi connectivity index (χ1) is 40.8. The number of fused-ring (bicyclic) bond motifs is 6. The van der Waals surface area contributed by atoms with Crippen molar-refractivity contribution in [1.82, 2.24) is 28.9 Å². The predicted octanol–water partition coefficient (Wildman–Crippen LogP) is 18.8. The molecule has 2 aliphatic heterocycles. The molecule has 88 heavy (non-hydrogen) atoms. The van der Waals surface area contributed by atoms with Crippen molar-refractivity contribution in [2.75, 3.05) is 24.1 Å². The van der Waals surface area contributed by atoms with Crippen LogP contribution in [0.5, 0.6) is 0 Å². The molecule has 8 aromatic carbocycles. The number of furan rings is 2. The first-order valence-electron chi connectivity index (χ1n) is 28.6. The van der Waals surface area contributed by atoms with Gasteiger partial charge in [-0.3, -0.25) is 9.97 Å². The van der Waals surface area contributed by atoms with E-state index >= 15 is 0 Å². The number of hydrogen-bond acceptors (Lipinski definition) is 10.